The highest BCUT2D eigenvalue weighted by Gasteiger charge is 2.04. The predicted octanol–water partition coefficient (Wildman–Crippen LogP) is 3.43. The molecule has 0 N–H and O–H groups in total. The lowest BCUT2D eigenvalue weighted by atomic mass is 10.0. The normalized spacial score (nSPS) is 10.4. The van der Waals surface area contributed by atoms with Crippen molar-refractivity contribution in [3.63, 3.8) is 0 Å². The van der Waals surface area contributed by atoms with Gasteiger partial charge in [-0.25, -0.2) is 4.98 Å². The fourth-order valence-electron chi connectivity index (χ4n) is 1.82. The Bertz CT molecular complexity index is 513. The molecule has 1 heterocycles. The second kappa shape index (κ2) is 4.58. The zero-order chi connectivity index (χ0) is 12.4. The van der Waals surface area contributed by atoms with E-state index in [2.05, 4.69) is 49.2 Å². The van der Waals surface area contributed by atoms with Gasteiger partial charge in [0.1, 0.15) is 5.82 Å². The molecule has 0 saturated heterocycles. The van der Waals surface area contributed by atoms with Crippen LogP contribution >= 0.6 is 0 Å². The molecule has 1 aromatic carbocycles. The standard InChI is InChI=1S/C15H18N2/c1-11-5-7-13(8-6-11)14-10-16-15(17(3)4)9-12(14)2/h5-10H,1-4H3. The fraction of sp³-hybridized carbons (Fsp3) is 0.267. The zero-order valence-corrected chi connectivity index (χ0v) is 10.9. The van der Waals surface area contributed by atoms with Crippen molar-refractivity contribution in [1.82, 2.24) is 4.98 Å². The van der Waals surface area contributed by atoms with Crippen molar-refractivity contribution in [2.24, 2.45) is 0 Å². The first kappa shape index (κ1) is 11.6. The topological polar surface area (TPSA) is 16.1 Å². The number of pyridine rings is 1. The molecule has 2 nitrogen and oxygen atoms in total. The quantitative estimate of drug-likeness (QED) is 0.780. The van der Waals surface area contributed by atoms with Crippen LogP contribution in [0.5, 0.6) is 0 Å². The van der Waals surface area contributed by atoms with Gasteiger partial charge in [0.25, 0.3) is 0 Å². The third-order valence-corrected chi connectivity index (χ3v) is 2.92. The first-order valence-corrected chi connectivity index (χ1v) is 5.79. The number of anilines is 1. The summed E-state index contributed by atoms with van der Waals surface area (Å²) >= 11 is 0. The molecule has 0 unspecified atom stereocenters. The Labute approximate surface area is 103 Å². The lowest BCUT2D eigenvalue weighted by Crippen LogP contribution is -2.10. The molecular weight excluding hydrogens is 208 g/mol. The zero-order valence-electron chi connectivity index (χ0n) is 10.9. The maximum absolute atomic E-state index is 4.46. The largest absolute Gasteiger partial charge is 0.363 e. The molecule has 0 atom stereocenters. The Balaban J connectivity index is 2.43. The smallest absolute Gasteiger partial charge is 0.128 e. The molecule has 0 amide bonds. The number of nitrogens with zero attached hydrogens (tertiary/aromatic N) is 2. The summed E-state index contributed by atoms with van der Waals surface area (Å²) in [6.07, 6.45) is 1.95. The fourth-order valence-corrected chi connectivity index (χ4v) is 1.82. The monoisotopic (exact) mass is 226 g/mol. The van der Waals surface area contributed by atoms with E-state index >= 15 is 0 Å². The van der Waals surface area contributed by atoms with E-state index in [1.807, 2.05) is 25.2 Å². The number of hydrogen-bond acceptors (Lipinski definition) is 2. The predicted molar refractivity (Wildman–Crippen MR) is 73.5 cm³/mol. The van der Waals surface area contributed by atoms with Crippen molar-refractivity contribution in [3.8, 4) is 11.1 Å². The first-order chi connectivity index (χ1) is 8.08. The Morgan fingerprint density at radius 2 is 1.65 bits per heavy atom. The lowest BCUT2D eigenvalue weighted by molar-refractivity contribution is 1.06. The van der Waals surface area contributed by atoms with Crippen LogP contribution < -0.4 is 4.90 Å². The van der Waals surface area contributed by atoms with Crippen LogP contribution in [0.3, 0.4) is 0 Å². The summed E-state index contributed by atoms with van der Waals surface area (Å²) in [6.45, 7) is 4.23. The molecule has 88 valence electrons. The Morgan fingerprint density at radius 1 is 1.00 bits per heavy atom. The molecule has 0 bridgehead atoms. The van der Waals surface area contributed by atoms with Crippen LogP contribution in [0.1, 0.15) is 11.1 Å². The molecular formula is C15H18N2. The second-order valence-corrected chi connectivity index (χ2v) is 4.62. The van der Waals surface area contributed by atoms with Gasteiger partial charge >= 0.3 is 0 Å². The van der Waals surface area contributed by atoms with Crippen molar-refractivity contribution < 1.29 is 0 Å². The number of aromatic nitrogens is 1. The van der Waals surface area contributed by atoms with Gasteiger partial charge in [0.15, 0.2) is 0 Å². The summed E-state index contributed by atoms with van der Waals surface area (Å²) in [7, 11) is 4.01. The van der Waals surface area contributed by atoms with Gasteiger partial charge in [-0.05, 0) is 31.0 Å². The van der Waals surface area contributed by atoms with Crippen LogP contribution in [0, 0.1) is 13.8 Å². The van der Waals surface area contributed by atoms with E-state index in [1.54, 1.807) is 0 Å². The summed E-state index contributed by atoms with van der Waals surface area (Å²) in [5, 5.41) is 0. The Kier molecular flexibility index (Phi) is 3.14. The van der Waals surface area contributed by atoms with Gasteiger partial charge in [-0.15, -0.1) is 0 Å². The molecule has 2 rings (SSSR count). The highest BCUT2D eigenvalue weighted by atomic mass is 15.1. The summed E-state index contributed by atoms with van der Waals surface area (Å²) in [4.78, 5) is 6.48. The minimum atomic E-state index is 0.998. The highest BCUT2D eigenvalue weighted by molar-refractivity contribution is 5.68. The van der Waals surface area contributed by atoms with Crippen molar-refractivity contribution in [3.05, 3.63) is 47.7 Å². The molecule has 0 saturated carbocycles. The lowest BCUT2D eigenvalue weighted by Gasteiger charge is -2.14. The van der Waals surface area contributed by atoms with E-state index in [4.69, 9.17) is 0 Å². The maximum Gasteiger partial charge on any atom is 0.128 e. The van der Waals surface area contributed by atoms with Gasteiger partial charge in [-0.3, -0.25) is 0 Å². The summed E-state index contributed by atoms with van der Waals surface area (Å²) < 4.78 is 0. The van der Waals surface area contributed by atoms with Crippen LogP contribution in [0.25, 0.3) is 11.1 Å². The van der Waals surface area contributed by atoms with Crippen LogP contribution in [0.4, 0.5) is 5.82 Å². The Hall–Kier alpha value is -1.83. The van der Waals surface area contributed by atoms with Gasteiger partial charge in [0.2, 0.25) is 0 Å². The van der Waals surface area contributed by atoms with E-state index in [0.717, 1.165) is 5.82 Å². The SMILES string of the molecule is Cc1ccc(-c2cnc(N(C)C)cc2C)cc1. The van der Waals surface area contributed by atoms with E-state index in [-0.39, 0.29) is 0 Å². The average molecular weight is 226 g/mol. The van der Waals surface area contributed by atoms with E-state index in [1.165, 1.54) is 22.3 Å². The number of benzene rings is 1. The van der Waals surface area contributed by atoms with E-state index in [0.29, 0.717) is 0 Å². The molecule has 2 heteroatoms. The minimum Gasteiger partial charge on any atom is -0.363 e. The van der Waals surface area contributed by atoms with Gasteiger partial charge < -0.3 is 4.90 Å². The van der Waals surface area contributed by atoms with Crippen LogP contribution in [-0.2, 0) is 0 Å². The molecule has 0 aliphatic carbocycles. The average Bonchev–Trinajstić information content (AvgIpc) is 2.30. The number of aryl methyl sites for hydroxylation is 2. The molecule has 0 aliphatic heterocycles. The number of rotatable bonds is 2. The van der Waals surface area contributed by atoms with Gasteiger partial charge in [-0.1, -0.05) is 29.8 Å². The Morgan fingerprint density at radius 3 is 2.18 bits per heavy atom. The van der Waals surface area contributed by atoms with Crippen LogP contribution in [0.15, 0.2) is 36.5 Å². The molecule has 0 aliphatic rings. The van der Waals surface area contributed by atoms with E-state index in [9.17, 15) is 0 Å². The van der Waals surface area contributed by atoms with Gasteiger partial charge in [-0.2, -0.15) is 0 Å². The maximum atomic E-state index is 4.46. The summed E-state index contributed by atoms with van der Waals surface area (Å²) in [5.41, 5.74) is 4.97. The van der Waals surface area contributed by atoms with Crippen LogP contribution in [0.2, 0.25) is 0 Å². The summed E-state index contributed by atoms with van der Waals surface area (Å²) in [5.74, 6) is 0.998. The van der Waals surface area contributed by atoms with E-state index < -0.39 is 0 Å². The molecule has 0 fully saturated rings. The molecule has 17 heavy (non-hydrogen) atoms. The molecule has 1 aromatic heterocycles. The molecule has 2 aromatic rings. The van der Waals surface area contributed by atoms with Crippen molar-refractivity contribution in [2.45, 2.75) is 13.8 Å². The van der Waals surface area contributed by atoms with Crippen molar-refractivity contribution in [2.75, 3.05) is 19.0 Å². The number of hydrogen-bond donors (Lipinski definition) is 0. The van der Waals surface area contributed by atoms with Gasteiger partial charge in [0, 0.05) is 25.9 Å². The minimum absolute atomic E-state index is 0.998. The first-order valence-electron chi connectivity index (χ1n) is 5.79. The third kappa shape index (κ3) is 2.47. The second-order valence-electron chi connectivity index (χ2n) is 4.62. The van der Waals surface area contributed by atoms with Crippen LogP contribution in [-0.4, -0.2) is 19.1 Å². The summed E-state index contributed by atoms with van der Waals surface area (Å²) in [6, 6.07) is 10.7. The van der Waals surface area contributed by atoms with Crippen molar-refractivity contribution >= 4 is 5.82 Å². The van der Waals surface area contributed by atoms with Gasteiger partial charge in [0.05, 0.1) is 0 Å². The molecule has 0 spiro atoms. The van der Waals surface area contributed by atoms with Crippen molar-refractivity contribution in [1.29, 1.82) is 0 Å². The third-order valence-electron chi connectivity index (χ3n) is 2.92. The highest BCUT2D eigenvalue weighted by Crippen LogP contribution is 2.25. The molecule has 0 radical (unpaired) electrons.